The van der Waals surface area contributed by atoms with Gasteiger partial charge in [-0.25, -0.2) is 0 Å². The molecule has 4 N–H and O–H groups in total. The third-order valence-electron chi connectivity index (χ3n) is 4.36. The molecule has 1 fully saturated rings. The van der Waals surface area contributed by atoms with Gasteiger partial charge in [0, 0.05) is 19.2 Å². The molecule has 104 valence electrons. The van der Waals surface area contributed by atoms with Gasteiger partial charge in [0.25, 0.3) is 5.91 Å². The van der Waals surface area contributed by atoms with Crippen molar-refractivity contribution in [1.82, 2.24) is 5.32 Å². The van der Waals surface area contributed by atoms with Gasteiger partial charge in [-0.3, -0.25) is 4.79 Å². The molecule has 19 heavy (non-hydrogen) atoms. The summed E-state index contributed by atoms with van der Waals surface area (Å²) in [6.45, 7) is 3.21. The fourth-order valence-corrected chi connectivity index (χ4v) is 2.62. The smallest absolute Gasteiger partial charge is 0.251 e. The van der Waals surface area contributed by atoms with Crippen LogP contribution in [0.1, 0.15) is 43.0 Å². The largest absolute Gasteiger partial charge is 0.397 e. The Morgan fingerprint density at radius 3 is 2.63 bits per heavy atom. The van der Waals surface area contributed by atoms with Crippen molar-refractivity contribution in [3.63, 3.8) is 0 Å². The number of hydrogen-bond donors (Lipinski definition) is 3. The van der Waals surface area contributed by atoms with Gasteiger partial charge in [-0.2, -0.15) is 0 Å². The molecule has 0 aromatic heterocycles. The minimum Gasteiger partial charge on any atom is -0.397 e. The van der Waals surface area contributed by atoms with Gasteiger partial charge in [-0.15, -0.1) is 0 Å². The number of hydrogen-bond acceptors (Lipinski definition) is 3. The second kappa shape index (κ2) is 5.51. The molecule has 2 rings (SSSR count). The maximum atomic E-state index is 11.5. The van der Waals surface area contributed by atoms with Crippen LogP contribution in [0, 0.1) is 5.41 Å². The summed E-state index contributed by atoms with van der Waals surface area (Å²) in [7, 11) is 1.62. The molecule has 1 aliphatic carbocycles. The number of nitrogens with two attached hydrogens (primary N) is 1. The molecule has 1 aliphatic rings. The van der Waals surface area contributed by atoms with Crippen molar-refractivity contribution in [1.29, 1.82) is 0 Å². The van der Waals surface area contributed by atoms with E-state index >= 15 is 0 Å². The molecule has 4 nitrogen and oxygen atoms in total. The molecule has 0 radical (unpaired) electrons. The number of nitrogen functional groups attached to an aromatic ring is 1. The average Bonchev–Trinajstić information content (AvgIpc) is 2.38. The molecule has 0 aliphatic heterocycles. The number of carbonyl (C=O) groups is 1. The number of nitrogens with one attached hydrogen (secondary N) is 2. The van der Waals surface area contributed by atoms with Crippen LogP contribution in [0.2, 0.25) is 0 Å². The predicted molar refractivity (Wildman–Crippen MR) is 79.3 cm³/mol. The monoisotopic (exact) mass is 261 g/mol. The first-order valence-electron chi connectivity index (χ1n) is 6.96. The zero-order valence-electron chi connectivity index (χ0n) is 11.8. The quantitative estimate of drug-likeness (QED) is 0.714. The lowest BCUT2D eigenvalue weighted by atomic mass is 9.67. The van der Waals surface area contributed by atoms with Crippen LogP contribution >= 0.6 is 0 Å². The number of benzene rings is 1. The normalized spacial score (nSPS) is 16.5. The molecule has 4 heteroatoms. The van der Waals surface area contributed by atoms with Crippen LogP contribution in [-0.2, 0) is 0 Å². The molecule has 1 aromatic carbocycles. The zero-order valence-corrected chi connectivity index (χ0v) is 11.8. The average molecular weight is 261 g/mol. The van der Waals surface area contributed by atoms with E-state index in [1.807, 2.05) is 6.07 Å². The van der Waals surface area contributed by atoms with Gasteiger partial charge < -0.3 is 16.4 Å². The SMILES string of the molecule is CCC1(CNc2ccc(C(=O)NC)cc2N)CCC1. The van der Waals surface area contributed by atoms with E-state index in [0.717, 1.165) is 12.2 Å². The van der Waals surface area contributed by atoms with E-state index in [9.17, 15) is 4.79 Å². The second-order valence-corrected chi connectivity index (χ2v) is 5.44. The topological polar surface area (TPSA) is 67.2 Å². The maximum Gasteiger partial charge on any atom is 0.251 e. The lowest BCUT2D eigenvalue weighted by molar-refractivity contribution is 0.0963. The molecule has 1 aromatic rings. The van der Waals surface area contributed by atoms with Gasteiger partial charge in [-0.05, 0) is 42.9 Å². The summed E-state index contributed by atoms with van der Waals surface area (Å²) in [5, 5.41) is 6.03. The summed E-state index contributed by atoms with van der Waals surface area (Å²) in [6, 6.07) is 5.42. The minimum absolute atomic E-state index is 0.109. The van der Waals surface area contributed by atoms with E-state index in [1.54, 1.807) is 19.2 Å². The van der Waals surface area contributed by atoms with Crippen molar-refractivity contribution < 1.29 is 4.79 Å². The predicted octanol–water partition coefficient (Wildman–Crippen LogP) is 2.62. The molecule has 0 saturated heterocycles. The number of anilines is 2. The highest BCUT2D eigenvalue weighted by Crippen LogP contribution is 2.43. The standard InChI is InChI=1S/C15H23N3O/c1-3-15(7-4-8-15)10-18-13-6-5-11(9-12(13)16)14(19)17-2/h5-6,9,18H,3-4,7-8,10,16H2,1-2H3,(H,17,19). The Labute approximate surface area is 114 Å². The van der Waals surface area contributed by atoms with Crippen LogP contribution in [0.15, 0.2) is 18.2 Å². The van der Waals surface area contributed by atoms with Crippen LogP contribution in [0.4, 0.5) is 11.4 Å². The van der Waals surface area contributed by atoms with Crippen molar-refractivity contribution >= 4 is 17.3 Å². The van der Waals surface area contributed by atoms with E-state index in [1.165, 1.54) is 25.7 Å². The summed E-state index contributed by atoms with van der Waals surface area (Å²) in [6.07, 6.45) is 5.14. The third-order valence-corrected chi connectivity index (χ3v) is 4.36. The molecule has 1 saturated carbocycles. The Bertz CT molecular complexity index is 461. The van der Waals surface area contributed by atoms with E-state index < -0.39 is 0 Å². The Morgan fingerprint density at radius 2 is 2.16 bits per heavy atom. The molecule has 0 spiro atoms. The summed E-state index contributed by atoms with van der Waals surface area (Å²) >= 11 is 0. The Hall–Kier alpha value is -1.71. The molecular weight excluding hydrogens is 238 g/mol. The molecule has 0 heterocycles. The first-order valence-corrected chi connectivity index (χ1v) is 6.96. The highest BCUT2D eigenvalue weighted by Gasteiger charge is 2.34. The number of rotatable bonds is 5. The molecule has 0 bridgehead atoms. The summed E-state index contributed by atoms with van der Waals surface area (Å²) in [5.41, 5.74) is 8.60. The van der Waals surface area contributed by atoms with Crippen molar-refractivity contribution in [2.45, 2.75) is 32.6 Å². The summed E-state index contributed by atoms with van der Waals surface area (Å²) in [5.74, 6) is -0.109. The van der Waals surface area contributed by atoms with E-state index in [0.29, 0.717) is 16.7 Å². The second-order valence-electron chi connectivity index (χ2n) is 5.44. The van der Waals surface area contributed by atoms with Crippen LogP contribution in [0.25, 0.3) is 0 Å². The fourth-order valence-electron chi connectivity index (χ4n) is 2.62. The van der Waals surface area contributed by atoms with Gasteiger partial charge in [0.05, 0.1) is 11.4 Å². The fraction of sp³-hybridized carbons (Fsp3) is 0.533. The Balaban J connectivity index is 2.03. The molecule has 1 amide bonds. The lowest BCUT2D eigenvalue weighted by Crippen LogP contribution is -2.36. The molecule has 0 unspecified atom stereocenters. The van der Waals surface area contributed by atoms with Gasteiger partial charge in [0.15, 0.2) is 0 Å². The Kier molecular flexibility index (Phi) is 3.98. The van der Waals surface area contributed by atoms with Crippen molar-refractivity contribution in [2.24, 2.45) is 5.41 Å². The molecular formula is C15H23N3O. The Morgan fingerprint density at radius 1 is 1.42 bits per heavy atom. The molecule has 0 atom stereocenters. The van der Waals surface area contributed by atoms with Gasteiger partial charge >= 0.3 is 0 Å². The third kappa shape index (κ3) is 2.83. The number of carbonyl (C=O) groups excluding carboxylic acids is 1. The van der Waals surface area contributed by atoms with Crippen LogP contribution in [0.3, 0.4) is 0 Å². The van der Waals surface area contributed by atoms with Gasteiger partial charge in [0.1, 0.15) is 0 Å². The highest BCUT2D eigenvalue weighted by molar-refractivity contribution is 5.95. The van der Waals surface area contributed by atoms with Crippen molar-refractivity contribution in [3.05, 3.63) is 23.8 Å². The minimum atomic E-state index is -0.109. The van der Waals surface area contributed by atoms with Crippen molar-refractivity contribution in [2.75, 3.05) is 24.6 Å². The van der Waals surface area contributed by atoms with Crippen LogP contribution in [0.5, 0.6) is 0 Å². The first-order chi connectivity index (χ1) is 9.10. The zero-order chi connectivity index (χ0) is 13.9. The summed E-state index contributed by atoms with van der Waals surface area (Å²) < 4.78 is 0. The van der Waals surface area contributed by atoms with Crippen LogP contribution < -0.4 is 16.4 Å². The maximum absolute atomic E-state index is 11.5. The number of amides is 1. The van der Waals surface area contributed by atoms with E-state index in [-0.39, 0.29) is 5.91 Å². The first kappa shape index (κ1) is 13.7. The van der Waals surface area contributed by atoms with Crippen LogP contribution in [-0.4, -0.2) is 19.5 Å². The lowest BCUT2D eigenvalue weighted by Gasteiger charge is -2.41. The highest BCUT2D eigenvalue weighted by atomic mass is 16.1. The van der Waals surface area contributed by atoms with Gasteiger partial charge in [-0.1, -0.05) is 13.3 Å². The van der Waals surface area contributed by atoms with Gasteiger partial charge in [0.2, 0.25) is 0 Å². The summed E-state index contributed by atoms with van der Waals surface area (Å²) in [4.78, 5) is 11.5. The van der Waals surface area contributed by atoms with Crippen molar-refractivity contribution in [3.8, 4) is 0 Å². The van der Waals surface area contributed by atoms with E-state index in [2.05, 4.69) is 17.6 Å². The van der Waals surface area contributed by atoms with E-state index in [4.69, 9.17) is 5.73 Å².